The second-order valence-electron chi connectivity index (χ2n) is 9.12. The number of carbonyl (C=O) groups excluding carboxylic acids is 1. The molecule has 2 aliphatic rings. The van der Waals surface area contributed by atoms with Gasteiger partial charge in [0.25, 0.3) is 0 Å². The molecule has 3 rings (SSSR count). The summed E-state index contributed by atoms with van der Waals surface area (Å²) in [4.78, 5) is 14.9. The van der Waals surface area contributed by atoms with Crippen molar-refractivity contribution < 1.29 is 14.3 Å². The molecule has 5 nitrogen and oxygen atoms in total. The topological polar surface area (TPSA) is 50.8 Å². The van der Waals surface area contributed by atoms with Crippen LogP contribution in [0, 0.1) is 10.8 Å². The molecule has 1 heterocycles. The number of hydrogen-bond acceptors (Lipinski definition) is 4. The molecule has 2 bridgehead atoms. The van der Waals surface area contributed by atoms with Crippen LogP contribution in [-0.4, -0.2) is 44.2 Å². The fourth-order valence-electron chi connectivity index (χ4n) is 5.17. The maximum atomic E-state index is 12.5. The molecule has 2 unspecified atom stereocenters. The van der Waals surface area contributed by atoms with E-state index in [4.69, 9.17) is 9.47 Å². The van der Waals surface area contributed by atoms with Crippen LogP contribution in [0.1, 0.15) is 45.6 Å². The predicted octanol–water partition coefficient (Wildman–Crippen LogP) is 3.22. The molecular formula is C21H32N2O3. The summed E-state index contributed by atoms with van der Waals surface area (Å²) in [6, 6.07) is 6.22. The van der Waals surface area contributed by atoms with Crippen LogP contribution in [0.25, 0.3) is 0 Å². The summed E-state index contributed by atoms with van der Waals surface area (Å²) < 4.78 is 10.6. The number of hydrogen-bond donors (Lipinski definition) is 1. The molecule has 1 aromatic carbocycles. The number of carbonyl (C=O) groups is 1. The summed E-state index contributed by atoms with van der Waals surface area (Å²) >= 11 is 0. The second-order valence-corrected chi connectivity index (χ2v) is 9.12. The zero-order valence-corrected chi connectivity index (χ0v) is 16.7. The summed E-state index contributed by atoms with van der Waals surface area (Å²) in [6.45, 7) is 9.09. The molecule has 1 saturated heterocycles. The highest BCUT2D eigenvalue weighted by atomic mass is 16.5. The highest BCUT2D eigenvalue weighted by molar-refractivity contribution is 5.78. The number of likely N-dealkylation sites (tertiary alicyclic amines) is 1. The van der Waals surface area contributed by atoms with E-state index in [0.29, 0.717) is 30.0 Å². The monoisotopic (exact) mass is 360 g/mol. The van der Waals surface area contributed by atoms with Crippen molar-refractivity contribution in [2.75, 3.05) is 27.3 Å². The second kappa shape index (κ2) is 7.10. The van der Waals surface area contributed by atoms with Gasteiger partial charge in [0.2, 0.25) is 5.91 Å². The Morgan fingerprint density at radius 3 is 2.42 bits per heavy atom. The summed E-state index contributed by atoms with van der Waals surface area (Å²) in [5.41, 5.74) is 1.70. The number of fused-ring (bicyclic) bond motifs is 2. The van der Waals surface area contributed by atoms with Gasteiger partial charge in [-0.25, -0.2) is 0 Å². The summed E-state index contributed by atoms with van der Waals surface area (Å²) in [7, 11) is 3.26. The number of methoxy groups -OCH3 is 2. The van der Waals surface area contributed by atoms with Crippen LogP contribution >= 0.6 is 0 Å². The van der Waals surface area contributed by atoms with Gasteiger partial charge >= 0.3 is 0 Å². The maximum absolute atomic E-state index is 12.5. The maximum Gasteiger partial charge on any atom is 0.234 e. The van der Waals surface area contributed by atoms with Crippen molar-refractivity contribution in [2.24, 2.45) is 10.8 Å². The van der Waals surface area contributed by atoms with E-state index in [2.05, 4.69) is 31.0 Å². The largest absolute Gasteiger partial charge is 0.497 e. The molecule has 1 aliphatic carbocycles. The third-order valence-corrected chi connectivity index (χ3v) is 5.77. The van der Waals surface area contributed by atoms with Gasteiger partial charge < -0.3 is 14.8 Å². The summed E-state index contributed by atoms with van der Waals surface area (Å²) in [5.74, 6) is 1.55. The SMILES string of the molecule is COc1cc(CNC(=O)CN2CC3(C)CC2CC(C)(C)C3)cc(OC)c1. The average Bonchev–Trinajstić information content (AvgIpc) is 2.80. The Labute approximate surface area is 157 Å². The molecule has 0 spiro atoms. The van der Waals surface area contributed by atoms with Crippen molar-refractivity contribution in [2.45, 2.75) is 52.6 Å². The zero-order valence-electron chi connectivity index (χ0n) is 16.7. The molecule has 1 saturated carbocycles. The highest BCUT2D eigenvalue weighted by Gasteiger charge is 2.49. The van der Waals surface area contributed by atoms with Crippen molar-refractivity contribution in [1.29, 1.82) is 0 Å². The first kappa shape index (κ1) is 19.0. The normalized spacial score (nSPS) is 27.2. The Morgan fingerprint density at radius 1 is 1.15 bits per heavy atom. The van der Waals surface area contributed by atoms with Gasteiger partial charge in [-0.3, -0.25) is 9.69 Å². The first-order chi connectivity index (χ1) is 12.2. The number of rotatable bonds is 6. The van der Waals surface area contributed by atoms with E-state index in [1.807, 2.05) is 18.2 Å². The van der Waals surface area contributed by atoms with Crippen molar-refractivity contribution in [3.63, 3.8) is 0 Å². The molecule has 0 aromatic heterocycles. The molecule has 5 heteroatoms. The zero-order chi connectivity index (χ0) is 18.9. The number of nitrogens with zero attached hydrogens (tertiary/aromatic N) is 1. The lowest BCUT2D eigenvalue weighted by molar-refractivity contribution is -0.122. The third kappa shape index (κ3) is 4.32. The molecule has 1 N–H and O–H groups in total. The van der Waals surface area contributed by atoms with Crippen molar-refractivity contribution in [3.05, 3.63) is 23.8 Å². The number of benzene rings is 1. The summed E-state index contributed by atoms with van der Waals surface area (Å²) in [6.07, 6.45) is 3.65. The lowest BCUT2D eigenvalue weighted by Crippen LogP contribution is -2.40. The highest BCUT2D eigenvalue weighted by Crippen LogP contribution is 2.52. The van der Waals surface area contributed by atoms with E-state index in [0.717, 1.165) is 23.6 Å². The van der Waals surface area contributed by atoms with Gasteiger partial charge in [-0.15, -0.1) is 0 Å². The van der Waals surface area contributed by atoms with Crippen LogP contribution in [0.3, 0.4) is 0 Å². The quantitative estimate of drug-likeness (QED) is 0.846. The molecular weight excluding hydrogens is 328 g/mol. The van der Waals surface area contributed by atoms with E-state index >= 15 is 0 Å². The minimum Gasteiger partial charge on any atom is -0.497 e. The third-order valence-electron chi connectivity index (χ3n) is 5.77. The van der Waals surface area contributed by atoms with E-state index < -0.39 is 0 Å². The van der Waals surface area contributed by atoms with Crippen LogP contribution in [0.2, 0.25) is 0 Å². The van der Waals surface area contributed by atoms with Crippen molar-refractivity contribution >= 4 is 5.91 Å². The van der Waals surface area contributed by atoms with Crippen LogP contribution in [0.15, 0.2) is 18.2 Å². The van der Waals surface area contributed by atoms with Gasteiger partial charge in [0.15, 0.2) is 0 Å². The fourth-order valence-corrected chi connectivity index (χ4v) is 5.17. The van der Waals surface area contributed by atoms with E-state index in [1.165, 1.54) is 19.3 Å². The van der Waals surface area contributed by atoms with Crippen LogP contribution in [-0.2, 0) is 11.3 Å². The molecule has 26 heavy (non-hydrogen) atoms. The molecule has 144 valence electrons. The first-order valence-electron chi connectivity index (χ1n) is 9.45. The average molecular weight is 360 g/mol. The number of ether oxygens (including phenoxy) is 2. The van der Waals surface area contributed by atoms with Gasteiger partial charge in [0, 0.05) is 25.2 Å². The van der Waals surface area contributed by atoms with E-state index in [9.17, 15) is 4.79 Å². The Hall–Kier alpha value is -1.75. The standard InChI is InChI=1S/C21H32N2O3/c1-20(2)9-16-10-21(3,13-20)14-23(16)12-19(24)22-11-15-6-17(25-4)8-18(7-15)26-5/h6-8,16H,9-14H2,1-5H3,(H,22,24). The lowest BCUT2D eigenvalue weighted by Gasteiger charge is -2.39. The van der Waals surface area contributed by atoms with Crippen molar-refractivity contribution in [3.8, 4) is 11.5 Å². The molecule has 2 atom stereocenters. The molecule has 0 radical (unpaired) electrons. The lowest BCUT2D eigenvalue weighted by atomic mass is 9.65. The van der Waals surface area contributed by atoms with E-state index in [-0.39, 0.29) is 5.91 Å². The Kier molecular flexibility index (Phi) is 5.20. The minimum atomic E-state index is 0.0840. The summed E-state index contributed by atoms with van der Waals surface area (Å²) in [5, 5.41) is 3.05. The Balaban J connectivity index is 1.57. The molecule has 1 aromatic rings. The van der Waals surface area contributed by atoms with Gasteiger partial charge in [0.05, 0.1) is 20.8 Å². The van der Waals surface area contributed by atoms with Crippen LogP contribution < -0.4 is 14.8 Å². The molecule has 1 aliphatic heterocycles. The number of nitrogens with one attached hydrogen (secondary N) is 1. The van der Waals surface area contributed by atoms with Gasteiger partial charge in [-0.1, -0.05) is 20.8 Å². The molecule has 2 fully saturated rings. The Morgan fingerprint density at radius 2 is 1.81 bits per heavy atom. The van der Waals surface area contributed by atoms with Crippen molar-refractivity contribution in [1.82, 2.24) is 10.2 Å². The van der Waals surface area contributed by atoms with Gasteiger partial charge in [-0.05, 0) is 47.8 Å². The van der Waals surface area contributed by atoms with Crippen LogP contribution in [0.5, 0.6) is 11.5 Å². The minimum absolute atomic E-state index is 0.0840. The van der Waals surface area contributed by atoms with Gasteiger partial charge in [-0.2, -0.15) is 0 Å². The van der Waals surface area contributed by atoms with E-state index in [1.54, 1.807) is 14.2 Å². The predicted molar refractivity (Wildman–Crippen MR) is 102 cm³/mol. The smallest absolute Gasteiger partial charge is 0.234 e. The Bertz CT molecular complexity index is 651. The first-order valence-corrected chi connectivity index (χ1v) is 9.45. The molecule has 1 amide bonds. The van der Waals surface area contributed by atoms with Gasteiger partial charge in [0.1, 0.15) is 11.5 Å². The number of amides is 1. The van der Waals surface area contributed by atoms with Crippen LogP contribution in [0.4, 0.5) is 0 Å². The fraction of sp³-hybridized carbons (Fsp3) is 0.667.